The fourth-order valence-electron chi connectivity index (χ4n) is 3.96. The number of anilines is 2. The maximum absolute atomic E-state index is 12.9. The van der Waals surface area contributed by atoms with Gasteiger partial charge in [0.1, 0.15) is 25.9 Å². The molecule has 0 aliphatic carbocycles. The quantitative estimate of drug-likeness (QED) is 0.115. The smallest absolute Gasteiger partial charge is 0.506 e. The second-order valence-electron chi connectivity index (χ2n) is 8.30. The number of aromatic amines is 1. The topological polar surface area (TPSA) is 300 Å². The van der Waals surface area contributed by atoms with E-state index in [1.807, 2.05) is 0 Å². The van der Waals surface area contributed by atoms with Crippen molar-refractivity contribution < 1.29 is 47.3 Å². The van der Waals surface area contributed by atoms with Crippen LogP contribution in [0, 0.1) is 0 Å². The lowest BCUT2D eigenvalue weighted by Crippen LogP contribution is -2.34. The summed E-state index contributed by atoms with van der Waals surface area (Å²) in [6.07, 6.45) is -0.398. The number of aromatic nitrogens is 7. The molecular formula is C20H22N9O12P. The zero-order chi connectivity index (χ0) is 30.3. The Labute approximate surface area is 232 Å². The molecule has 0 saturated heterocycles. The normalized spacial score (nSPS) is 18.3. The number of aliphatic hydroxyl groups excluding tert-OH is 2. The van der Waals surface area contributed by atoms with Gasteiger partial charge in [-0.15, -0.1) is 0 Å². The van der Waals surface area contributed by atoms with Gasteiger partial charge in [0.05, 0.1) is 7.11 Å². The summed E-state index contributed by atoms with van der Waals surface area (Å²) >= 11 is 0. The van der Waals surface area contributed by atoms with Gasteiger partial charge in [0.25, 0.3) is 11.4 Å². The van der Waals surface area contributed by atoms with Crippen LogP contribution in [0.1, 0.15) is 12.0 Å². The van der Waals surface area contributed by atoms with Crippen molar-refractivity contribution in [3.8, 4) is 17.4 Å². The minimum absolute atomic E-state index is 0.0589. The lowest BCUT2D eigenvalue weighted by Gasteiger charge is -2.19. The fourth-order valence-corrected chi connectivity index (χ4v) is 4.70. The van der Waals surface area contributed by atoms with Crippen LogP contribution in [-0.2, 0) is 25.2 Å². The Kier molecular flexibility index (Phi) is 7.34. The molecule has 0 saturated carbocycles. The maximum Gasteiger partial charge on any atom is 0.528 e. The third-order valence-corrected chi connectivity index (χ3v) is 6.65. The van der Waals surface area contributed by atoms with E-state index in [1.54, 1.807) is 0 Å². The SMILES string of the molecule is COc1c(-n2cnc3c(=O)[nH]c(N)nc32)oc(CO)c1OP(=O)(O)OCC1=C(O)C(OC)[C@H](n2cnc(N)nc2=O)O1. The van der Waals surface area contributed by atoms with E-state index in [9.17, 15) is 29.3 Å². The summed E-state index contributed by atoms with van der Waals surface area (Å²) < 4.78 is 46.7. The molecule has 0 amide bonds. The van der Waals surface area contributed by atoms with Gasteiger partial charge in [-0.25, -0.2) is 28.5 Å². The number of aliphatic hydroxyl groups is 2. The highest BCUT2D eigenvalue weighted by molar-refractivity contribution is 7.47. The minimum Gasteiger partial charge on any atom is -0.506 e. The first-order chi connectivity index (χ1) is 20.0. The van der Waals surface area contributed by atoms with E-state index in [0.29, 0.717) is 0 Å². The van der Waals surface area contributed by atoms with Crippen LogP contribution in [0.25, 0.3) is 17.0 Å². The standard InChI is InChI=1S/C20H22N9O12P/c1-36-12-10(31)8(40-16(12)29-6-24-18(21)27-20(29)33)4-38-42(34,35)41-11-7(3-30)39-17(13(11)37-2)28-5-23-9-14(28)25-19(22)26-15(9)32/h5-6,12,16,30-31H,3-4H2,1-2H3,(H,34,35)(H2,21,27,33)(H3,22,25,26,32)/t12?,16-/m1/s1. The number of nitrogens with two attached hydrogens (primary N) is 2. The molecule has 21 nitrogen and oxygen atoms in total. The fraction of sp³-hybridized carbons (Fsp3) is 0.300. The van der Waals surface area contributed by atoms with E-state index < -0.39 is 56.1 Å². The van der Waals surface area contributed by atoms with E-state index >= 15 is 0 Å². The summed E-state index contributed by atoms with van der Waals surface area (Å²) in [6.45, 7) is -1.68. The molecule has 224 valence electrons. The first-order valence-corrected chi connectivity index (χ1v) is 13.0. The minimum atomic E-state index is -5.08. The highest BCUT2D eigenvalue weighted by Gasteiger charge is 2.41. The summed E-state index contributed by atoms with van der Waals surface area (Å²) in [4.78, 5) is 52.3. The number of hydrogen-bond donors (Lipinski definition) is 6. The van der Waals surface area contributed by atoms with Gasteiger partial charge in [-0.1, -0.05) is 0 Å². The van der Waals surface area contributed by atoms with Gasteiger partial charge in [-0.2, -0.15) is 9.97 Å². The number of nitrogens with one attached hydrogen (secondary N) is 1. The highest BCUT2D eigenvalue weighted by atomic mass is 31.2. The Balaban J connectivity index is 1.40. The van der Waals surface area contributed by atoms with Crippen molar-refractivity contribution in [2.45, 2.75) is 18.9 Å². The number of methoxy groups -OCH3 is 2. The number of H-pyrrole nitrogens is 1. The number of nitrogens with zero attached hydrogens (tertiary/aromatic N) is 6. The number of nitrogen functional groups attached to an aromatic ring is 2. The number of ether oxygens (including phenoxy) is 3. The number of fused-ring (bicyclic) bond motifs is 1. The summed E-state index contributed by atoms with van der Waals surface area (Å²) in [5.41, 5.74) is 9.33. The van der Waals surface area contributed by atoms with E-state index in [1.165, 1.54) is 14.2 Å². The lowest BCUT2D eigenvalue weighted by atomic mass is 10.2. The van der Waals surface area contributed by atoms with Crippen molar-refractivity contribution in [3.63, 3.8) is 0 Å². The van der Waals surface area contributed by atoms with Gasteiger partial charge >= 0.3 is 13.5 Å². The predicted molar refractivity (Wildman–Crippen MR) is 136 cm³/mol. The summed E-state index contributed by atoms with van der Waals surface area (Å²) in [7, 11) is -2.70. The molecule has 42 heavy (non-hydrogen) atoms. The Hall–Kier alpha value is -4.95. The summed E-state index contributed by atoms with van der Waals surface area (Å²) in [5.74, 6) is -2.92. The van der Waals surface area contributed by atoms with Crippen LogP contribution in [-0.4, -0.2) is 76.1 Å². The molecule has 22 heteroatoms. The molecule has 1 aliphatic heterocycles. The molecule has 2 unspecified atom stereocenters. The molecule has 5 rings (SSSR count). The molecule has 0 spiro atoms. The van der Waals surface area contributed by atoms with Crippen LogP contribution in [0.5, 0.6) is 11.5 Å². The Morgan fingerprint density at radius 1 is 1.17 bits per heavy atom. The molecule has 0 radical (unpaired) electrons. The molecule has 0 aromatic carbocycles. The number of furan rings is 1. The number of rotatable bonds is 10. The molecular weight excluding hydrogens is 589 g/mol. The van der Waals surface area contributed by atoms with Gasteiger partial charge in [0.2, 0.25) is 29.6 Å². The second kappa shape index (κ2) is 10.8. The number of hydrogen-bond acceptors (Lipinski definition) is 17. The van der Waals surface area contributed by atoms with Crippen molar-refractivity contribution in [3.05, 3.63) is 50.8 Å². The van der Waals surface area contributed by atoms with E-state index in [2.05, 4.69) is 24.9 Å². The van der Waals surface area contributed by atoms with Crippen LogP contribution in [0.3, 0.4) is 0 Å². The van der Waals surface area contributed by atoms with Gasteiger partial charge in [0, 0.05) is 7.11 Å². The molecule has 3 atom stereocenters. The first kappa shape index (κ1) is 28.6. The van der Waals surface area contributed by atoms with Gasteiger partial charge in [0.15, 0.2) is 34.5 Å². The van der Waals surface area contributed by atoms with Gasteiger partial charge in [-0.05, 0) is 0 Å². The van der Waals surface area contributed by atoms with Crippen LogP contribution < -0.4 is 32.0 Å². The van der Waals surface area contributed by atoms with Gasteiger partial charge in [-0.3, -0.25) is 19.2 Å². The van der Waals surface area contributed by atoms with Crippen molar-refractivity contribution in [1.82, 2.24) is 34.1 Å². The summed E-state index contributed by atoms with van der Waals surface area (Å²) in [6, 6.07) is 0. The van der Waals surface area contributed by atoms with E-state index in [-0.39, 0.29) is 46.2 Å². The number of phosphoric acid groups is 1. The second-order valence-corrected chi connectivity index (χ2v) is 9.68. The molecule has 0 bridgehead atoms. The number of phosphoric ester groups is 1. The van der Waals surface area contributed by atoms with Crippen molar-refractivity contribution in [2.24, 2.45) is 0 Å². The van der Waals surface area contributed by atoms with Crippen LogP contribution >= 0.6 is 7.82 Å². The Morgan fingerprint density at radius 2 is 1.93 bits per heavy atom. The van der Waals surface area contributed by atoms with E-state index in [0.717, 1.165) is 21.8 Å². The van der Waals surface area contributed by atoms with Crippen LogP contribution in [0.15, 0.2) is 38.2 Å². The first-order valence-electron chi connectivity index (χ1n) is 11.5. The molecule has 5 heterocycles. The lowest BCUT2D eigenvalue weighted by molar-refractivity contribution is -0.0378. The third kappa shape index (κ3) is 5.01. The van der Waals surface area contributed by atoms with Crippen LogP contribution in [0.2, 0.25) is 0 Å². The number of imidazole rings is 1. The largest absolute Gasteiger partial charge is 0.528 e. The summed E-state index contributed by atoms with van der Waals surface area (Å²) in [5, 5.41) is 20.4. The molecule has 4 aromatic heterocycles. The highest BCUT2D eigenvalue weighted by Crippen LogP contribution is 2.52. The maximum atomic E-state index is 12.9. The van der Waals surface area contributed by atoms with Gasteiger partial charge < -0.3 is 44.8 Å². The third-order valence-electron chi connectivity index (χ3n) is 5.78. The average Bonchev–Trinajstić information content (AvgIpc) is 3.60. The molecule has 8 N–H and O–H groups in total. The molecule has 0 fully saturated rings. The zero-order valence-corrected chi connectivity index (χ0v) is 22.4. The molecule has 1 aliphatic rings. The molecule has 4 aromatic rings. The van der Waals surface area contributed by atoms with E-state index in [4.69, 9.17) is 39.1 Å². The monoisotopic (exact) mass is 611 g/mol. The van der Waals surface area contributed by atoms with Crippen molar-refractivity contribution in [2.75, 3.05) is 32.3 Å². The Bertz CT molecular complexity index is 1860. The van der Waals surface area contributed by atoms with Crippen molar-refractivity contribution >= 4 is 30.9 Å². The Morgan fingerprint density at radius 3 is 2.60 bits per heavy atom. The zero-order valence-electron chi connectivity index (χ0n) is 21.5. The van der Waals surface area contributed by atoms with Crippen molar-refractivity contribution in [1.29, 1.82) is 0 Å². The average molecular weight is 611 g/mol. The predicted octanol–water partition coefficient (Wildman–Crippen LogP) is -1.17. The van der Waals surface area contributed by atoms with Crippen LogP contribution in [0.4, 0.5) is 11.9 Å².